The van der Waals surface area contributed by atoms with Crippen molar-refractivity contribution in [3.63, 3.8) is 0 Å². The van der Waals surface area contributed by atoms with Gasteiger partial charge in [0.05, 0.1) is 11.2 Å². The van der Waals surface area contributed by atoms with Gasteiger partial charge in [0, 0.05) is 17.8 Å². The first-order valence-corrected chi connectivity index (χ1v) is 5.50. The lowest BCUT2D eigenvalue weighted by Gasteiger charge is -2.24. The van der Waals surface area contributed by atoms with E-state index in [9.17, 15) is 0 Å². The van der Waals surface area contributed by atoms with Gasteiger partial charge in [-0.1, -0.05) is 6.42 Å². The summed E-state index contributed by atoms with van der Waals surface area (Å²) in [5.41, 5.74) is 8.91. The molecule has 2 N–H and O–H groups in total. The quantitative estimate of drug-likeness (QED) is 0.770. The first-order chi connectivity index (χ1) is 7.25. The first kappa shape index (κ1) is 8.77. The fourth-order valence-electron chi connectivity index (χ4n) is 2.24. The largest absolute Gasteiger partial charge is 0.398 e. The van der Waals surface area contributed by atoms with Crippen molar-refractivity contribution in [2.24, 2.45) is 0 Å². The third-order valence-corrected chi connectivity index (χ3v) is 3.34. The number of aryl methyl sites for hydroxylation is 1. The molecule has 2 aromatic rings. The number of nitrogens with two attached hydrogens (primary N) is 1. The van der Waals surface area contributed by atoms with Gasteiger partial charge in [0.25, 0.3) is 0 Å². The second-order valence-electron chi connectivity index (χ2n) is 4.40. The molecule has 0 atom stereocenters. The molecule has 15 heavy (non-hydrogen) atoms. The average molecular weight is 201 g/mol. The van der Waals surface area contributed by atoms with Crippen LogP contribution in [0.4, 0.5) is 5.69 Å². The van der Waals surface area contributed by atoms with Crippen molar-refractivity contribution >= 4 is 11.2 Å². The molecule has 3 rings (SSSR count). The summed E-state index contributed by atoms with van der Waals surface area (Å²) in [6.07, 6.45) is 5.87. The molecule has 0 bridgehead atoms. The van der Waals surface area contributed by atoms with E-state index in [1.807, 2.05) is 12.3 Å². The predicted molar refractivity (Wildman–Crippen MR) is 60.9 cm³/mol. The molecule has 1 fully saturated rings. The lowest BCUT2D eigenvalue weighted by molar-refractivity contribution is 0.400. The molecule has 3 heteroatoms. The van der Waals surface area contributed by atoms with E-state index < -0.39 is 0 Å². The molecule has 0 unspecified atom stereocenters. The molecule has 78 valence electrons. The van der Waals surface area contributed by atoms with Crippen LogP contribution in [0, 0.1) is 6.92 Å². The van der Waals surface area contributed by atoms with E-state index in [0.717, 1.165) is 11.4 Å². The maximum Gasteiger partial charge on any atom is 0.116 e. The Labute approximate surface area is 88.9 Å². The van der Waals surface area contributed by atoms with Gasteiger partial charge in [-0.3, -0.25) is 0 Å². The van der Waals surface area contributed by atoms with E-state index in [0.29, 0.717) is 5.92 Å². The summed E-state index contributed by atoms with van der Waals surface area (Å²) in [5, 5.41) is 0. The highest BCUT2D eigenvalue weighted by atomic mass is 15.0. The van der Waals surface area contributed by atoms with Crippen LogP contribution in [-0.4, -0.2) is 9.38 Å². The standard InChI is InChI=1S/C12H15N3/c1-8-11-6-5-10(13)7-15(11)12(14-8)9-3-2-4-9/h5-7,9H,2-4,13H2,1H3. The van der Waals surface area contributed by atoms with Crippen molar-refractivity contribution in [1.29, 1.82) is 0 Å². The topological polar surface area (TPSA) is 43.3 Å². The summed E-state index contributed by atoms with van der Waals surface area (Å²) in [6.45, 7) is 2.06. The number of anilines is 1. The van der Waals surface area contributed by atoms with E-state index in [2.05, 4.69) is 22.4 Å². The molecular formula is C12H15N3. The Morgan fingerprint density at radius 1 is 1.40 bits per heavy atom. The Bertz CT molecular complexity index is 509. The molecule has 0 spiro atoms. The van der Waals surface area contributed by atoms with Crippen LogP contribution >= 0.6 is 0 Å². The van der Waals surface area contributed by atoms with Crippen molar-refractivity contribution < 1.29 is 0 Å². The van der Waals surface area contributed by atoms with Crippen molar-refractivity contribution in [3.8, 4) is 0 Å². The summed E-state index contributed by atoms with van der Waals surface area (Å²) in [6, 6.07) is 3.99. The zero-order chi connectivity index (χ0) is 10.4. The number of imidazole rings is 1. The number of aromatic nitrogens is 2. The molecular weight excluding hydrogens is 186 g/mol. The van der Waals surface area contributed by atoms with Gasteiger partial charge in [0.1, 0.15) is 5.82 Å². The molecule has 1 aliphatic carbocycles. The molecule has 3 nitrogen and oxygen atoms in total. The number of rotatable bonds is 1. The third kappa shape index (κ3) is 1.23. The Kier molecular flexibility index (Phi) is 1.75. The number of nitrogens with zero attached hydrogens (tertiary/aromatic N) is 2. The minimum Gasteiger partial charge on any atom is -0.398 e. The number of pyridine rings is 1. The summed E-state index contributed by atoms with van der Waals surface area (Å²) in [5.74, 6) is 1.84. The maximum atomic E-state index is 5.81. The molecule has 2 aromatic heterocycles. The summed E-state index contributed by atoms with van der Waals surface area (Å²) in [4.78, 5) is 4.66. The van der Waals surface area contributed by atoms with Crippen LogP contribution in [0.15, 0.2) is 18.3 Å². The molecule has 0 saturated heterocycles. The molecule has 1 aliphatic rings. The minimum absolute atomic E-state index is 0.646. The molecule has 0 amide bonds. The van der Waals surface area contributed by atoms with E-state index in [1.165, 1.54) is 30.6 Å². The van der Waals surface area contributed by atoms with Crippen molar-refractivity contribution in [2.75, 3.05) is 5.73 Å². The predicted octanol–water partition coefficient (Wildman–Crippen LogP) is 2.49. The highest BCUT2D eigenvalue weighted by Gasteiger charge is 2.24. The Hall–Kier alpha value is -1.51. The molecule has 0 radical (unpaired) electrons. The van der Waals surface area contributed by atoms with Crippen LogP contribution in [0.3, 0.4) is 0 Å². The van der Waals surface area contributed by atoms with E-state index in [1.54, 1.807) is 0 Å². The third-order valence-electron chi connectivity index (χ3n) is 3.34. The second-order valence-corrected chi connectivity index (χ2v) is 4.40. The highest BCUT2D eigenvalue weighted by molar-refractivity contribution is 5.57. The van der Waals surface area contributed by atoms with E-state index >= 15 is 0 Å². The fraction of sp³-hybridized carbons (Fsp3) is 0.417. The number of hydrogen-bond acceptors (Lipinski definition) is 2. The summed E-state index contributed by atoms with van der Waals surface area (Å²) in [7, 11) is 0. The monoisotopic (exact) mass is 201 g/mol. The number of fused-ring (bicyclic) bond motifs is 1. The summed E-state index contributed by atoms with van der Waals surface area (Å²) >= 11 is 0. The van der Waals surface area contributed by atoms with E-state index in [-0.39, 0.29) is 0 Å². The van der Waals surface area contributed by atoms with Gasteiger partial charge >= 0.3 is 0 Å². The van der Waals surface area contributed by atoms with Crippen LogP contribution < -0.4 is 5.73 Å². The van der Waals surface area contributed by atoms with Crippen molar-refractivity contribution in [2.45, 2.75) is 32.1 Å². The molecule has 2 heterocycles. The molecule has 0 aromatic carbocycles. The Morgan fingerprint density at radius 3 is 2.87 bits per heavy atom. The normalized spacial score (nSPS) is 16.9. The minimum atomic E-state index is 0.646. The zero-order valence-electron chi connectivity index (χ0n) is 8.90. The van der Waals surface area contributed by atoms with Crippen LogP contribution in [0.1, 0.15) is 36.7 Å². The van der Waals surface area contributed by atoms with Crippen LogP contribution in [0.5, 0.6) is 0 Å². The lowest BCUT2D eigenvalue weighted by Crippen LogP contribution is -2.12. The smallest absolute Gasteiger partial charge is 0.116 e. The van der Waals surface area contributed by atoms with Crippen molar-refractivity contribution in [3.05, 3.63) is 29.8 Å². The van der Waals surface area contributed by atoms with Gasteiger partial charge in [0.15, 0.2) is 0 Å². The molecule has 1 saturated carbocycles. The maximum absolute atomic E-state index is 5.81. The summed E-state index contributed by atoms with van der Waals surface area (Å²) < 4.78 is 2.16. The molecule has 0 aliphatic heterocycles. The van der Waals surface area contributed by atoms with Crippen LogP contribution in [-0.2, 0) is 0 Å². The van der Waals surface area contributed by atoms with Crippen LogP contribution in [0.25, 0.3) is 5.52 Å². The van der Waals surface area contributed by atoms with Gasteiger partial charge in [0.2, 0.25) is 0 Å². The van der Waals surface area contributed by atoms with Gasteiger partial charge in [-0.2, -0.15) is 0 Å². The SMILES string of the molecule is Cc1nc(C2CCC2)n2cc(N)ccc12. The number of hydrogen-bond donors (Lipinski definition) is 1. The highest BCUT2D eigenvalue weighted by Crippen LogP contribution is 2.36. The van der Waals surface area contributed by atoms with Gasteiger partial charge < -0.3 is 10.1 Å². The average Bonchev–Trinajstić information content (AvgIpc) is 2.41. The zero-order valence-corrected chi connectivity index (χ0v) is 8.90. The lowest BCUT2D eigenvalue weighted by atomic mass is 9.85. The fourth-order valence-corrected chi connectivity index (χ4v) is 2.24. The van der Waals surface area contributed by atoms with E-state index in [4.69, 9.17) is 5.73 Å². The van der Waals surface area contributed by atoms with Crippen molar-refractivity contribution in [1.82, 2.24) is 9.38 Å². The van der Waals surface area contributed by atoms with Crippen LogP contribution in [0.2, 0.25) is 0 Å². The first-order valence-electron chi connectivity index (χ1n) is 5.50. The Morgan fingerprint density at radius 2 is 2.20 bits per heavy atom. The van der Waals surface area contributed by atoms with Gasteiger partial charge in [-0.05, 0) is 31.9 Å². The number of nitrogen functional groups attached to an aromatic ring is 1. The Balaban J connectivity index is 2.24. The van der Waals surface area contributed by atoms with Gasteiger partial charge in [-0.15, -0.1) is 0 Å². The second kappa shape index (κ2) is 2.99. The van der Waals surface area contributed by atoms with Gasteiger partial charge in [-0.25, -0.2) is 4.98 Å².